The van der Waals surface area contributed by atoms with Gasteiger partial charge < -0.3 is 9.47 Å². The van der Waals surface area contributed by atoms with E-state index < -0.39 is 0 Å². The fraction of sp³-hybridized carbons (Fsp3) is 0.571. The van der Waals surface area contributed by atoms with Crippen molar-refractivity contribution < 1.29 is 9.47 Å². The van der Waals surface area contributed by atoms with Crippen molar-refractivity contribution in [3.8, 4) is 5.88 Å². The lowest BCUT2D eigenvalue weighted by Gasteiger charge is -2.02. The first-order valence-electron chi connectivity index (χ1n) is 3.80. The van der Waals surface area contributed by atoms with Gasteiger partial charge in [0.1, 0.15) is 6.20 Å². The van der Waals surface area contributed by atoms with Gasteiger partial charge in [0.25, 0.3) is 0 Å². The van der Waals surface area contributed by atoms with E-state index in [1.54, 1.807) is 7.11 Å². The molecule has 0 aliphatic rings. The fourth-order valence-electron chi connectivity index (χ4n) is 0.718. The highest BCUT2D eigenvalue weighted by atomic mass is 35.5. The van der Waals surface area contributed by atoms with Crippen LogP contribution in [0.3, 0.4) is 0 Å². The van der Waals surface area contributed by atoms with Crippen molar-refractivity contribution in [1.29, 1.82) is 0 Å². The van der Waals surface area contributed by atoms with Crippen molar-refractivity contribution in [2.75, 3.05) is 20.3 Å². The molecule has 0 saturated carbocycles. The number of aromatic nitrogens is 3. The zero-order valence-electron chi connectivity index (χ0n) is 7.23. The van der Waals surface area contributed by atoms with Crippen molar-refractivity contribution in [2.24, 2.45) is 0 Å². The number of methoxy groups -OCH3 is 1. The molecular weight excluding hydrogens is 194 g/mol. The van der Waals surface area contributed by atoms with Gasteiger partial charge in [-0.2, -0.15) is 10.1 Å². The van der Waals surface area contributed by atoms with E-state index in [0.717, 1.165) is 6.42 Å². The minimum Gasteiger partial charge on any atom is -0.476 e. The number of hydrogen-bond acceptors (Lipinski definition) is 5. The maximum atomic E-state index is 5.50. The summed E-state index contributed by atoms with van der Waals surface area (Å²) in [6.07, 6.45) is 2.22. The monoisotopic (exact) mass is 203 g/mol. The van der Waals surface area contributed by atoms with E-state index >= 15 is 0 Å². The molecule has 0 unspecified atom stereocenters. The number of rotatable bonds is 5. The zero-order chi connectivity index (χ0) is 9.52. The van der Waals surface area contributed by atoms with Crippen LogP contribution in [0.5, 0.6) is 5.88 Å². The van der Waals surface area contributed by atoms with Gasteiger partial charge in [-0.15, -0.1) is 5.10 Å². The van der Waals surface area contributed by atoms with Crippen LogP contribution in [0.15, 0.2) is 6.20 Å². The summed E-state index contributed by atoms with van der Waals surface area (Å²) < 4.78 is 10.1. The van der Waals surface area contributed by atoms with Gasteiger partial charge in [-0.1, -0.05) is 0 Å². The molecule has 5 nitrogen and oxygen atoms in total. The number of halogens is 1. The first-order valence-corrected chi connectivity index (χ1v) is 4.17. The standard InChI is InChI=1S/C7H10ClN3O2/c1-12-3-2-4-13-6-5-9-11-7(8)10-6/h5H,2-4H2,1H3. The molecule has 0 amide bonds. The van der Waals surface area contributed by atoms with Gasteiger partial charge in [0.2, 0.25) is 11.2 Å². The molecular formula is C7H10ClN3O2. The molecule has 1 aromatic heterocycles. The van der Waals surface area contributed by atoms with Gasteiger partial charge in [-0.25, -0.2) is 0 Å². The zero-order valence-corrected chi connectivity index (χ0v) is 7.99. The minimum atomic E-state index is 0.0873. The fourth-order valence-corrected chi connectivity index (χ4v) is 0.845. The van der Waals surface area contributed by atoms with E-state index in [4.69, 9.17) is 21.1 Å². The van der Waals surface area contributed by atoms with Gasteiger partial charge in [0.05, 0.1) is 6.61 Å². The molecule has 1 aromatic rings. The summed E-state index contributed by atoms with van der Waals surface area (Å²) in [4.78, 5) is 3.80. The molecule has 0 aliphatic heterocycles. The number of nitrogens with zero attached hydrogens (tertiary/aromatic N) is 3. The van der Waals surface area contributed by atoms with Crippen molar-refractivity contribution in [3.05, 3.63) is 11.5 Å². The second-order valence-electron chi connectivity index (χ2n) is 2.26. The van der Waals surface area contributed by atoms with E-state index in [1.807, 2.05) is 0 Å². The van der Waals surface area contributed by atoms with Crippen molar-refractivity contribution in [2.45, 2.75) is 6.42 Å². The Kier molecular flexibility index (Phi) is 4.42. The first-order chi connectivity index (χ1) is 6.33. The Hall–Kier alpha value is -0.940. The third kappa shape index (κ3) is 4.00. The highest BCUT2D eigenvalue weighted by Gasteiger charge is 1.97. The Labute approximate surface area is 81.0 Å². The maximum Gasteiger partial charge on any atom is 0.246 e. The predicted octanol–water partition coefficient (Wildman–Crippen LogP) is 0.940. The summed E-state index contributed by atoms with van der Waals surface area (Å²) in [7, 11) is 1.64. The summed E-state index contributed by atoms with van der Waals surface area (Å²) in [5.41, 5.74) is 0. The third-order valence-electron chi connectivity index (χ3n) is 1.25. The molecule has 0 bridgehead atoms. The van der Waals surface area contributed by atoms with Crippen molar-refractivity contribution in [3.63, 3.8) is 0 Å². The predicted molar refractivity (Wildman–Crippen MR) is 46.8 cm³/mol. The summed E-state index contributed by atoms with van der Waals surface area (Å²) in [5, 5.41) is 7.15. The molecule has 6 heteroatoms. The Balaban J connectivity index is 2.28. The third-order valence-corrected chi connectivity index (χ3v) is 1.41. The van der Waals surface area contributed by atoms with Crippen LogP contribution < -0.4 is 4.74 Å². The lowest BCUT2D eigenvalue weighted by molar-refractivity contribution is 0.170. The molecule has 0 aromatic carbocycles. The second kappa shape index (κ2) is 5.66. The lowest BCUT2D eigenvalue weighted by Crippen LogP contribution is -2.03. The molecule has 0 atom stereocenters. The van der Waals surface area contributed by atoms with Crippen LogP contribution in [0.2, 0.25) is 5.28 Å². The number of ether oxygens (including phenoxy) is 2. The molecule has 0 aliphatic carbocycles. The lowest BCUT2D eigenvalue weighted by atomic mass is 10.5. The minimum absolute atomic E-state index is 0.0873. The molecule has 0 spiro atoms. The van der Waals surface area contributed by atoms with Gasteiger partial charge in [0.15, 0.2) is 0 Å². The van der Waals surface area contributed by atoms with Crippen molar-refractivity contribution >= 4 is 11.6 Å². The molecule has 72 valence electrons. The van der Waals surface area contributed by atoms with E-state index in [9.17, 15) is 0 Å². The quantitative estimate of drug-likeness (QED) is 0.667. The van der Waals surface area contributed by atoms with Gasteiger partial charge in [0, 0.05) is 20.1 Å². The molecule has 1 rings (SSSR count). The normalized spacial score (nSPS) is 10.0. The van der Waals surface area contributed by atoms with Gasteiger partial charge >= 0.3 is 0 Å². The molecule has 1 heterocycles. The number of hydrogen-bond donors (Lipinski definition) is 0. The van der Waals surface area contributed by atoms with E-state index in [-0.39, 0.29) is 5.28 Å². The molecule has 0 saturated heterocycles. The Morgan fingerprint density at radius 1 is 1.46 bits per heavy atom. The van der Waals surface area contributed by atoms with E-state index in [1.165, 1.54) is 6.20 Å². The van der Waals surface area contributed by atoms with E-state index in [2.05, 4.69) is 15.2 Å². The van der Waals surface area contributed by atoms with Crippen molar-refractivity contribution in [1.82, 2.24) is 15.2 Å². The summed E-state index contributed by atoms with van der Waals surface area (Å²) in [6.45, 7) is 1.19. The topological polar surface area (TPSA) is 57.1 Å². The smallest absolute Gasteiger partial charge is 0.246 e. The average Bonchev–Trinajstić information content (AvgIpc) is 2.13. The molecule has 0 radical (unpaired) electrons. The summed E-state index contributed by atoms with van der Waals surface area (Å²) in [5.74, 6) is 0.385. The maximum absolute atomic E-state index is 5.50. The van der Waals surface area contributed by atoms with Crippen LogP contribution in [0.25, 0.3) is 0 Å². The largest absolute Gasteiger partial charge is 0.476 e. The Morgan fingerprint density at radius 2 is 2.31 bits per heavy atom. The van der Waals surface area contributed by atoms with Crippen LogP contribution >= 0.6 is 11.6 Å². The van der Waals surface area contributed by atoms with Crippen LogP contribution in [0.4, 0.5) is 0 Å². The summed E-state index contributed by atoms with van der Waals surface area (Å²) >= 11 is 5.50. The highest BCUT2D eigenvalue weighted by Crippen LogP contribution is 2.06. The highest BCUT2D eigenvalue weighted by molar-refractivity contribution is 6.28. The Morgan fingerprint density at radius 3 is 3.00 bits per heavy atom. The molecule has 0 fully saturated rings. The average molecular weight is 204 g/mol. The van der Waals surface area contributed by atoms with Crippen LogP contribution in [0.1, 0.15) is 6.42 Å². The van der Waals surface area contributed by atoms with Crippen LogP contribution in [-0.4, -0.2) is 35.5 Å². The summed E-state index contributed by atoms with van der Waals surface area (Å²) in [6, 6.07) is 0. The van der Waals surface area contributed by atoms with E-state index in [0.29, 0.717) is 19.1 Å². The van der Waals surface area contributed by atoms with Crippen LogP contribution in [-0.2, 0) is 4.74 Å². The van der Waals surface area contributed by atoms with Crippen LogP contribution in [0, 0.1) is 0 Å². The van der Waals surface area contributed by atoms with Gasteiger partial charge in [-0.3, -0.25) is 0 Å². The second-order valence-corrected chi connectivity index (χ2v) is 2.60. The molecule has 13 heavy (non-hydrogen) atoms. The first kappa shape index (κ1) is 10.1. The molecule has 0 N–H and O–H groups in total. The van der Waals surface area contributed by atoms with Gasteiger partial charge in [-0.05, 0) is 11.6 Å². The Bertz CT molecular complexity index is 259. The SMILES string of the molecule is COCCCOc1cnnc(Cl)n1.